The predicted octanol–water partition coefficient (Wildman–Crippen LogP) is 0.909. The summed E-state index contributed by atoms with van der Waals surface area (Å²) in [6.07, 6.45) is 0. The van der Waals surface area contributed by atoms with Gasteiger partial charge in [0.1, 0.15) is 0 Å². The number of hydrogen-bond donors (Lipinski definition) is 1. The highest BCUT2D eigenvalue weighted by Crippen LogP contribution is 2.51. The molecule has 1 unspecified atom stereocenters. The Bertz CT molecular complexity index is 195. The van der Waals surface area contributed by atoms with Crippen LogP contribution in [0.3, 0.4) is 0 Å². The molecule has 68 valence electrons. The lowest BCUT2D eigenvalue weighted by Crippen LogP contribution is -2.26. The fourth-order valence-electron chi connectivity index (χ4n) is 2.38. The highest BCUT2D eigenvalue weighted by Gasteiger charge is 2.54. The molecule has 0 aromatic heterocycles. The fraction of sp³-hybridized carbons (Fsp3) is 0.778. The normalized spacial score (nSPS) is 39.7. The third-order valence-electron chi connectivity index (χ3n) is 3.05. The molecule has 0 radical (unpaired) electrons. The van der Waals surface area contributed by atoms with Crippen molar-refractivity contribution in [2.75, 3.05) is 26.2 Å². The van der Waals surface area contributed by atoms with Gasteiger partial charge in [0.2, 0.25) is 0 Å². The van der Waals surface area contributed by atoms with Crippen LogP contribution in [0.2, 0.25) is 0 Å². The van der Waals surface area contributed by atoms with Gasteiger partial charge in [-0.2, -0.15) is 0 Å². The molecule has 1 aliphatic heterocycles. The summed E-state index contributed by atoms with van der Waals surface area (Å²) in [5.41, 5.74) is 0. The predicted molar refractivity (Wildman–Crippen MR) is 49.0 cm³/mol. The molecular weight excluding hydrogens is 174 g/mol. The van der Waals surface area contributed by atoms with E-state index >= 15 is 0 Å². The van der Waals surface area contributed by atoms with Crippen LogP contribution in [0.1, 0.15) is 0 Å². The molecule has 3 heteroatoms. The minimum atomic E-state index is 0.366. The van der Waals surface area contributed by atoms with Crippen LogP contribution in [-0.4, -0.2) is 36.2 Å². The van der Waals surface area contributed by atoms with Crippen molar-refractivity contribution >= 4 is 11.6 Å². The number of hydrogen-bond acceptors (Lipinski definition) is 2. The van der Waals surface area contributed by atoms with Gasteiger partial charge in [-0.1, -0.05) is 18.2 Å². The number of nitrogens with zero attached hydrogens (tertiary/aromatic N) is 1. The second-order valence-corrected chi connectivity index (χ2v) is 4.42. The van der Waals surface area contributed by atoms with E-state index in [0.29, 0.717) is 12.5 Å². The zero-order valence-corrected chi connectivity index (χ0v) is 7.80. The van der Waals surface area contributed by atoms with Gasteiger partial charge in [0, 0.05) is 31.3 Å². The quantitative estimate of drug-likeness (QED) is 0.710. The zero-order valence-electron chi connectivity index (χ0n) is 7.04. The van der Waals surface area contributed by atoms with Gasteiger partial charge < -0.3 is 5.11 Å². The Morgan fingerprint density at radius 1 is 1.50 bits per heavy atom. The number of piperidine rings is 1. The smallest absolute Gasteiger partial charge is 0.0465 e. The van der Waals surface area contributed by atoms with Crippen molar-refractivity contribution in [2.24, 2.45) is 17.8 Å². The highest BCUT2D eigenvalue weighted by atomic mass is 35.5. The van der Waals surface area contributed by atoms with Crippen LogP contribution in [-0.2, 0) is 0 Å². The minimum absolute atomic E-state index is 0.366. The first-order valence-electron chi connectivity index (χ1n) is 4.39. The molecule has 2 aliphatic rings. The van der Waals surface area contributed by atoms with Gasteiger partial charge in [-0.3, -0.25) is 4.90 Å². The van der Waals surface area contributed by atoms with Gasteiger partial charge in [0.25, 0.3) is 0 Å². The maximum Gasteiger partial charge on any atom is 0.0465 e. The van der Waals surface area contributed by atoms with E-state index in [2.05, 4.69) is 11.5 Å². The van der Waals surface area contributed by atoms with Crippen LogP contribution < -0.4 is 0 Å². The van der Waals surface area contributed by atoms with E-state index in [1.165, 1.54) is 0 Å². The van der Waals surface area contributed by atoms with E-state index in [1.807, 2.05) is 0 Å². The largest absolute Gasteiger partial charge is 0.396 e. The zero-order chi connectivity index (χ0) is 8.72. The number of likely N-dealkylation sites (tertiary alicyclic amines) is 1. The summed E-state index contributed by atoms with van der Waals surface area (Å²) in [6, 6.07) is 0. The Kier molecular flexibility index (Phi) is 2.15. The first kappa shape index (κ1) is 8.54. The molecule has 0 bridgehead atoms. The summed E-state index contributed by atoms with van der Waals surface area (Å²) < 4.78 is 0. The van der Waals surface area contributed by atoms with E-state index in [1.54, 1.807) is 0 Å². The first-order chi connectivity index (χ1) is 5.72. The lowest BCUT2D eigenvalue weighted by atomic mass is 10.3. The first-order valence-corrected chi connectivity index (χ1v) is 4.76. The van der Waals surface area contributed by atoms with Gasteiger partial charge in [0.15, 0.2) is 0 Å². The van der Waals surface area contributed by atoms with Gasteiger partial charge in [-0.15, -0.1) is 0 Å². The molecule has 1 saturated heterocycles. The van der Waals surface area contributed by atoms with Crippen LogP contribution >= 0.6 is 11.6 Å². The van der Waals surface area contributed by atoms with Crippen molar-refractivity contribution in [2.45, 2.75) is 0 Å². The maximum atomic E-state index is 8.92. The Morgan fingerprint density at radius 3 is 2.50 bits per heavy atom. The van der Waals surface area contributed by atoms with E-state index < -0.39 is 0 Å². The van der Waals surface area contributed by atoms with Crippen molar-refractivity contribution in [1.82, 2.24) is 4.90 Å². The molecule has 0 spiro atoms. The third-order valence-corrected chi connectivity index (χ3v) is 3.17. The number of aliphatic hydroxyl groups is 1. The molecule has 0 amide bonds. The van der Waals surface area contributed by atoms with Crippen molar-refractivity contribution < 1.29 is 5.11 Å². The van der Waals surface area contributed by atoms with Crippen LogP contribution in [0.5, 0.6) is 0 Å². The second kappa shape index (κ2) is 3.02. The molecule has 0 aromatic rings. The summed E-state index contributed by atoms with van der Waals surface area (Å²) >= 11 is 5.71. The lowest BCUT2D eigenvalue weighted by Gasteiger charge is -2.17. The molecule has 1 aliphatic carbocycles. The van der Waals surface area contributed by atoms with Crippen molar-refractivity contribution in [3.8, 4) is 0 Å². The van der Waals surface area contributed by atoms with Crippen LogP contribution in [0, 0.1) is 17.8 Å². The maximum absolute atomic E-state index is 8.92. The van der Waals surface area contributed by atoms with Gasteiger partial charge >= 0.3 is 0 Å². The Morgan fingerprint density at radius 2 is 2.08 bits per heavy atom. The number of fused-ring (bicyclic) bond motifs is 1. The van der Waals surface area contributed by atoms with E-state index in [0.717, 1.165) is 36.5 Å². The highest BCUT2D eigenvalue weighted by molar-refractivity contribution is 6.29. The lowest BCUT2D eigenvalue weighted by molar-refractivity contribution is 0.228. The molecule has 12 heavy (non-hydrogen) atoms. The molecule has 2 rings (SSSR count). The van der Waals surface area contributed by atoms with Crippen LogP contribution in [0.25, 0.3) is 0 Å². The van der Waals surface area contributed by atoms with Gasteiger partial charge in [-0.05, 0) is 17.8 Å². The Labute approximate surface area is 77.8 Å². The van der Waals surface area contributed by atoms with Gasteiger partial charge in [0.05, 0.1) is 0 Å². The average Bonchev–Trinajstić information content (AvgIpc) is 2.45. The SMILES string of the molecule is C=C(Cl)CN1C[C@@H]2C(CO)[C@@H]2C1. The summed E-state index contributed by atoms with van der Waals surface area (Å²) in [5.74, 6) is 2.07. The molecule has 1 N–H and O–H groups in total. The van der Waals surface area contributed by atoms with E-state index in [4.69, 9.17) is 16.7 Å². The molecule has 1 saturated carbocycles. The third kappa shape index (κ3) is 1.39. The van der Waals surface area contributed by atoms with Crippen molar-refractivity contribution in [3.63, 3.8) is 0 Å². The topological polar surface area (TPSA) is 23.5 Å². The Hall–Kier alpha value is -0.0500. The summed E-state index contributed by atoms with van der Waals surface area (Å²) in [4.78, 5) is 2.32. The molecule has 3 atom stereocenters. The minimum Gasteiger partial charge on any atom is -0.396 e. The number of aliphatic hydroxyl groups excluding tert-OH is 1. The van der Waals surface area contributed by atoms with E-state index in [9.17, 15) is 0 Å². The monoisotopic (exact) mass is 187 g/mol. The second-order valence-electron chi connectivity index (χ2n) is 3.89. The molecule has 1 heterocycles. The van der Waals surface area contributed by atoms with Gasteiger partial charge in [-0.25, -0.2) is 0 Å². The number of halogens is 1. The van der Waals surface area contributed by atoms with Crippen LogP contribution in [0.4, 0.5) is 0 Å². The van der Waals surface area contributed by atoms with Crippen LogP contribution in [0.15, 0.2) is 11.6 Å². The number of rotatable bonds is 3. The summed E-state index contributed by atoms with van der Waals surface area (Å²) in [5, 5.41) is 9.64. The standard InChI is InChI=1S/C9H14ClNO/c1-6(10)2-11-3-7-8(4-11)9(7)5-12/h7-9,12H,1-5H2/t7-,8+,9?. The summed E-state index contributed by atoms with van der Waals surface area (Å²) in [7, 11) is 0. The summed E-state index contributed by atoms with van der Waals surface area (Å²) in [6.45, 7) is 7.05. The molecule has 2 nitrogen and oxygen atoms in total. The molecule has 0 aromatic carbocycles. The fourth-order valence-corrected chi connectivity index (χ4v) is 2.55. The average molecular weight is 188 g/mol. The van der Waals surface area contributed by atoms with E-state index in [-0.39, 0.29) is 0 Å². The Balaban J connectivity index is 1.78. The molecule has 2 fully saturated rings. The van der Waals surface area contributed by atoms with Crippen molar-refractivity contribution in [3.05, 3.63) is 11.6 Å². The van der Waals surface area contributed by atoms with Crippen molar-refractivity contribution in [1.29, 1.82) is 0 Å². The molecular formula is C9H14ClNO.